The molecule has 1 aromatic heterocycles. The number of aromatic nitrogens is 1. The minimum Gasteiger partial charge on any atom is -0.366 e. The fourth-order valence-corrected chi connectivity index (χ4v) is 4.91. The van der Waals surface area contributed by atoms with Gasteiger partial charge in [-0.3, -0.25) is 14.4 Å². The van der Waals surface area contributed by atoms with Gasteiger partial charge in [0.15, 0.2) is 0 Å². The van der Waals surface area contributed by atoms with Crippen LogP contribution in [0, 0.1) is 18.8 Å². The van der Waals surface area contributed by atoms with Crippen molar-refractivity contribution in [3.05, 3.63) is 69.1 Å². The lowest BCUT2D eigenvalue weighted by Crippen LogP contribution is -2.36. The molecule has 1 unspecified atom stereocenters. The number of nitrogens with two attached hydrogens (primary N) is 1. The van der Waals surface area contributed by atoms with Gasteiger partial charge in [0.25, 0.3) is 5.91 Å². The van der Waals surface area contributed by atoms with Gasteiger partial charge < -0.3 is 20.5 Å². The molecule has 1 aromatic carbocycles. The Bertz CT molecular complexity index is 987. The third-order valence-electron chi connectivity index (χ3n) is 6.34. The standard InChI is InChI=1S/C23H28N4O3/c1-15-21(19(22(24)29)10-20(28)25-15)23(30)27-13-17-11-26(12-18(17)14-27)9-5-8-16-6-3-2-4-7-16/h2-4,6-7,10,17-18H,5,8-9,11-14H2,1H3,(H2,24,29)(H,25,28)/t17-,18?/m0/s1. The molecule has 0 saturated carbocycles. The van der Waals surface area contributed by atoms with Crippen LogP contribution in [0.25, 0.3) is 0 Å². The van der Waals surface area contributed by atoms with E-state index in [-0.39, 0.29) is 17.0 Å². The van der Waals surface area contributed by atoms with Crippen molar-refractivity contribution < 1.29 is 9.59 Å². The summed E-state index contributed by atoms with van der Waals surface area (Å²) in [6, 6.07) is 11.7. The molecule has 4 rings (SSSR count). The van der Waals surface area contributed by atoms with Crippen molar-refractivity contribution in [1.29, 1.82) is 0 Å². The Labute approximate surface area is 175 Å². The van der Waals surface area contributed by atoms with Crippen LogP contribution >= 0.6 is 0 Å². The number of nitrogens with one attached hydrogen (secondary N) is 1. The summed E-state index contributed by atoms with van der Waals surface area (Å²) in [5, 5.41) is 0. The monoisotopic (exact) mass is 408 g/mol. The second-order valence-corrected chi connectivity index (χ2v) is 8.49. The van der Waals surface area contributed by atoms with Crippen LogP contribution in [0.5, 0.6) is 0 Å². The van der Waals surface area contributed by atoms with Crippen molar-refractivity contribution in [2.45, 2.75) is 19.8 Å². The van der Waals surface area contributed by atoms with Crippen LogP contribution < -0.4 is 11.3 Å². The largest absolute Gasteiger partial charge is 0.366 e. The number of primary amides is 1. The van der Waals surface area contributed by atoms with Crippen LogP contribution in [0.3, 0.4) is 0 Å². The van der Waals surface area contributed by atoms with E-state index < -0.39 is 11.5 Å². The van der Waals surface area contributed by atoms with E-state index in [0.29, 0.717) is 30.6 Å². The van der Waals surface area contributed by atoms with E-state index in [1.165, 1.54) is 5.56 Å². The van der Waals surface area contributed by atoms with Crippen molar-refractivity contribution in [1.82, 2.24) is 14.8 Å². The molecule has 2 saturated heterocycles. The summed E-state index contributed by atoms with van der Waals surface area (Å²) < 4.78 is 0. The lowest BCUT2D eigenvalue weighted by atomic mass is 10.0. The number of aromatic amines is 1. The van der Waals surface area contributed by atoms with E-state index in [4.69, 9.17) is 5.73 Å². The maximum Gasteiger partial charge on any atom is 0.256 e. The molecule has 2 aromatic rings. The number of hydrogen-bond donors (Lipinski definition) is 2. The van der Waals surface area contributed by atoms with Crippen LogP contribution in [-0.2, 0) is 6.42 Å². The van der Waals surface area contributed by atoms with Gasteiger partial charge in [0.05, 0.1) is 11.1 Å². The normalized spacial score (nSPS) is 21.0. The number of amides is 2. The van der Waals surface area contributed by atoms with E-state index in [2.05, 4.69) is 34.1 Å². The molecule has 2 amide bonds. The minimum absolute atomic E-state index is 0.000785. The van der Waals surface area contributed by atoms with Crippen molar-refractivity contribution in [3.8, 4) is 0 Å². The third kappa shape index (κ3) is 4.16. The molecule has 0 bridgehead atoms. The predicted molar refractivity (Wildman–Crippen MR) is 114 cm³/mol. The first-order valence-corrected chi connectivity index (χ1v) is 10.5. The number of nitrogens with zero attached hydrogens (tertiary/aromatic N) is 2. The molecular formula is C23H28N4O3. The van der Waals surface area contributed by atoms with E-state index >= 15 is 0 Å². The first-order valence-electron chi connectivity index (χ1n) is 10.5. The quantitative estimate of drug-likeness (QED) is 0.755. The first kappa shape index (κ1) is 20.3. The molecule has 30 heavy (non-hydrogen) atoms. The summed E-state index contributed by atoms with van der Waals surface area (Å²) in [6.45, 7) is 6.05. The molecule has 2 fully saturated rings. The number of carbonyl (C=O) groups excluding carboxylic acids is 2. The highest BCUT2D eigenvalue weighted by molar-refractivity contribution is 6.07. The number of aryl methyl sites for hydroxylation is 2. The molecular weight excluding hydrogens is 380 g/mol. The number of H-pyrrole nitrogens is 1. The van der Waals surface area contributed by atoms with Gasteiger partial charge >= 0.3 is 0 Å². The maximum atomic E-state index is 13.1. The van der Waals surface area contributed by atoms with Gasteiger partial charge in [-0.05, 0) is 43.7 Å². The van der Waals surface area contributed by atoms with Gasteiger partial charge in [-0.25, -0.2) is 0 Å². The molecule has 2 atom stereocenters. The number of benzene rings is 1. The summed E-state index contributed by atoms with van der Waals surface area (Å²) >= 11 is 0. The smallest absolute Gasteiger partial charge is 0.256 e. The molecule has 0 radical (unpaired) electrons. The molecule has 0 spiro atoms. The minimum atomic E-state index is -0.753. The highest BCUT2D eigenvalue weighted by Crippen LogP contribution is 2.32. The predicted octanol–water partition coefficient (Wildman–Crippen LogP) is 1.42. The number of hydrogen-bond acceptors (Lipinski definition) is 4. The first-order chi connectivity index (χ1) is 14.4. The van der Waals surface area contributed by atoms with Crippen LogP contribution in [0.4, 0.5) is 0 Å². The lowest BCUT2D eigenvalue weighted by Gasteiger charge is -2.23. The van der Waals surface area contributed by atoms with Gasteiger partial charge in [-0.2, -0.15) is 0 Å². The van der Waals surface area contributed by atoms with Crippen molar-refractivity contribution in [3.63, 3.8) is 0 Å². The van der Waals surface area contributed by atoms with Crippen LogP contribution in [-0.4, -0.2) is 59.3 Å². The van der Waals surface area contributed by atoms with Crippen LogP contribution in [0.2, 0.25) is 0 Å². The molecule has 158 valence electrons. The van der Waals surface area contributed by atoms with E-state index in [9.17, 15) is 14.4 Å². The van der Waals surface area contributed by atoms with E-state index in [0.717, 1.165) is 38.5 Å². The topological polar surface area (TPSA) is 99.5 Å². The fraction of sp³-hybridized carbons (Fsp3) is 0.435. The zero-order valence-corrected chi connectivity index (χ0v) is 17.3. The maximum absolute atomic E-state index is 13.1. The Hall–Kier alpha value is -2.93. The molecule has 7 nitrogen and oxygen atoms in total. The summed E-state index contributed by atoms with van der Waals surface area (Å²) in [5.41, 5.74) is 6.97. The number of likely N-dealkylation sites (tertiary alicyclic amines) is 2. The molecule has 7 heteroatoms. The van der Waals surface area contributed by atoms with E-state index in [1.54, 1.807) is 6.92 Å². The zero-order valence-electron chi connectivity index (χ0n) is 17.3. The van der Waals surface area contributed by atoms with Crippen LogP contribution in [0.15, 0.2) is 41.2 Å². The van der Waals surface area contributed by atoms with Crippen LogP contribution in [0.1, 0.15) is 38.4 Å². The highest BCUT2D eigenvalue weighted by Gasteiger charge is 2.42. The van der Waals surface area contributed by atoms with Gasteiger partial charge in [0.1, 0.15) is 0 Å². The summed E-state index contributed by atoms with van der Waals surface area (Å²) in [7, 11) is 0. The number of pyridine rings is 1. The SMILES string of the molecule is Cc1[nH]c(=O)cc(C(N)=O)c1C(=O)N1CC2CN(CCCc3ccccc3)C[C@H]2C1. The molecule has 2 aliphatic heterocycles. The van der Waals surface area contributed by atoms with Gasteiger partial charge in [0, 0.05) is 37.9 Å². The average molecular weight is 409 g/mol. The van der Waals surface area contributed by atoms with E-state index in [1.807, 2.05) is 11.0 Å². The Morgan fingerprint density at radius 3 is 2.40 bits per heavy atom. The Kier molecular flexibility index (Phi) is 5.72. The fourth-order valence-electron chi connectivity index (χ4n) is 4.91. The summed E-state index contributed by atoms with van der Waals surface area (Å²) in [5.74, 6) is -0.0735. The summed E-state index contributed by atoms with van der Waals surface area (Å²) in [4.78, 5) is 43.5. The number of carbonyl (C=O) groups is 2. The zero-order chi connectivity index (χ0) is 21.3. The molecule has 0 aliphatic carbocycles. The van der Waals surface area contributed by atoms with Gasteiger partial charge in [0.2, 0.25) is 11.5 Å². The molecule has 3 heterocycles. The van der Waals surface area contributed by atoms with Crippen molar-refractivity contribution >= 4 is 11.8 Å². The Balaban J connectivity index is 1.35. The lowest BCUT2D eigenvalue weighted by molar-refractivity contribution is 0.0767. The molecule has 2 aliphatic rings. The molecule has 3 N–H and O–H groups in total. The number of fused-ring (bicyclic) bond motifs is 1. The van der Waals surface area contributed by atoms with Gasteiger partial charge in [-0.15, -0.1) is 0 Å². The van der Waals surface area contributed by atoms with Crippen molar-refractivity contribution in [2.75, 3.05) is 32.7 Å². The highest BCUT2D eigenvalue weighted by atomic mass is 16.2. The Morgan fingerprint density at radius 2 is 1.77 bits per heavy atom. The van der Waals surface area contributed by atoms with Crippen molar-refractivity contribution in [2.24, 2.45) is 17.6 Å². The van der Waals surface area contributed by atoms with Gasteiger partial charge in [-0.1, -0.05) is 30.3 Å². The summed E-state index contributed by atoms with van der Waals surface area (Å²) in [6.07, 6.45) is 2.21. The second-order valence-electron chi connectivity index (χ2n) is 8.49. The Morgan fingerprint density at radius 1 is 1.10 bits per heavy atom. The third-order valence-corrected chi connectivity index (χ3v) is 6.34. The second kappa shape index (κ2) is 8.44. The number of rotatable bonds is 6. The average Bonchev–Trinajstić information content (AvgIpc) is 3.26.